The number of aromatic hydroxyl groups is 3. The molecule has 5 rings (SSSR count). The number of anilines is 1. The zero-order valence-corrected chi connectivity index (χ0v) is 33.0. The molecule has 0 aliphatic carbocycles. The molecule has 5 bridgehead atoms. The lowest BCUT2D eigenvalue weighted by Gasteiger charge is -2.38. The first-order valence-electron chi connectivity index (χ1n) is 18.1. The van der Waals surface area contributed by atoms with Crippen LogP contribution < -0.4 is 15.5 Å². The van der Waals surface area contributed by atoms with Gasteiger partial charge in [-0.15, -0.1) is 0 Å². The van der Waals surface area contributed by atoms with Gasteiger partial charge >= 0.3 is 11.8 Å². The summed E-state index contributed by atoms with van der Waals surface area (Å²) in [7, 11) is 1.41. The first-order chi connectivity index (χ1) is 26.2. The van der Waals surface area contributed by atoms with E-state index in [0.717, 1.165) is 12.5 Å². The molecule has 0 saturated carbocycles. The van der Waals surface area contributed by atoms with Crippen LogP contribution in [0.25, 0.3) is 10.8 Å². The number of hydrogen-bond acceptors (Lipinski definition) is 14. The first-order valence-corrected chi connectivity index (χ1v) is 18.1. The number of hydrogen-bond donors (Lipinski definition) is 7. The van der Waals surface area contributed by atoms with Crippen LogP contribution in [0.1, 0.15) is 76.9 Å². The molecule has 0 aromatic heterocycles. The Bertz CT molecular complexity index is 2020. The van der Waals surface area contributed by atoms with Crippen LogP contribution in [-0.2, 0) is 28.6 Å². The number of hydrazone groups is 1. The molecular weight excluding hydrogens is 730 g/mol. The van der Waals surface area contributed by atoms with Crippen molar-refractivity contribution >= 4 is 46.2 Å². The van der Waals surface area contributed by atoms with E-state index < -0.39 is 106 Å². The maximum atomic E-state index is 14.2. The van der Waals surface area contributed by atoms with Gasteiger partial charge in [0.2, 0.25) is 5.91 Å². The summed E-state index contributed by atoms with van der Waals surface area (Å²) in [4.78, 5) is 51.7. The normalized spacial score (nSPS) is 28.9. The van der Waals surface area contributed by atoms with Crippen LogP contribution in [0.2, 0.25) is 0 Å². The second-order valence-electron chi connectivity index (χ2n) is 14.5. The van der Waals surface area contributed by atoms with Gasteiger partial charge in [-0.3, -0.25) is 19.2 Å². The molecule has 56 heavy (non-hydrogen) atoms. The number of carbonyl (C=O) groups is 4. The van der Waals surface area contributed by atoms with Crippen LogP contribution in [-0.4, -0.2) is 92.6 Å². The Hall–Kier alpha value is -5.45. The summed E-state index contributed by atoms with van der Waals surface area (Å²) in [5, 5.41) is 63.2. The van der Waals surface area contributed by atoms with E-state index >= 15 is 0 Å². The molecule has 2 aromatic carbocycles. The number of allylic oxidation sites excluding steroid dienone is 2. The maximum absolute atomic E-state index is 14.2. The number of esters is 1. The number of benzene rings is 2. The monoisotopic (exact) mass is 781 g/mol. The van der Waals surface area contributed by atoms with Crippen LogP contribution in [0.5, 0.6) is 23.0 Å². The van der Waals surface area contributed by atoms with E-state index in [2.05, 4.69) is 15.8 Å². The molecule has 16 nitrogen and oxygen atoms in total. The third-order valence-electron chi connectivity index (χ3n) is 10.4. The third-order valence-corrected chi connectivity index (χ3v) is 10.4. The van der Waals surface area contributed by atoms with Crippen molar-refractivity contribution in [1.82, 2.24) is 5.43 Å². The van der Waals surface area contributed by atoms with E-state index in [4.69, 9.17) is 18.9 Å². The zero-order valence-electron chi connectivity index (χ0n) is 33.0. The van der Waals surface area contributed by atoms with Gasteiger partial charge in [-0.1, -0.05) is 45.9 Å². The summed E-state index contributed by atoms with van der Waals surface area (Å²) in [5.74, 6) is -9.60. The number of methoxy groups -OCH3 is 1. The number of phenols is 3. The van der Waals surface area contributed by atoms with Gasteiger partial charge in [-0.05, 0) is 19.9 Å². The van der Waals surface area contributed by atoms with Crippen LogP contribution >= 0.6 is 0 Å². The van der Waals surface area contributed by atoms with Gasteiger partial charge in [-0.2, -0.15) is 5.10 Å². The molecule has 3 aliphatic rings. The summed E-state index contributed by atoms with van der Waals surface area (Å²) < 4.78 is 23.3. The molecule has 9 atom stereocenters. The number of ether oxygens (including phenoxy) is 4. The van der Waals surface area contributed by atoms with E-state index in [-0.39, 0.29) is 33.4 Å². The summed E-state index contributed by atoms with van der Waals surface area (Å²) in [5.41, 5.74) is 1.28. The van der Waals surface area contributed by atoms with E-state index in [1.807, 2.05) is 0 Å². The molecular formula is C40H51N3O13. The lowest BCUT2D eigenvalue weighted by Crippen LogP contribution is -2.46. The molecule has 3 aliphatic heterocycles. The van der Waals surface area contributed by atoms with Crippen LogP contribution in [0.4, 0.5) is 5.69 Å². The molecule has 2 amide bonds. The molecule has 0 radical (unpaired) electrons. The molecule has 7 N–H and O–H groups in total. The van der Waals surface area contributed by atoms with Gasteiger partial charge in [0.05, 0.1) is 53.0 Å². The van der Waals surface area contributed by atoms with Crippen LogP contribution in [0.15, 0.2) is 41.2 Å². The third kappa shape index (κ3) is 8.37. The molecule has 16 heteroatoms. The van der Waals surface area contributed by atoms with E-state index in [1.54, 1.807) is 33.8 Å². The second-order valence-corrected chi connectivity index (χ2v) is 14.5. The molecule has 0 saturated heterocycles. The first kappa shape index (κ1) is 43.3. The lowest BCUT2D eigenvalue weighted by atomic mass is 9.78. The highest BCUT2D eigenvalue weighted by Crippen LogP contribution is 2.55. The highest BCUT2D eigenvalue weighted by Gasteiger charge is 2.50. The maximum Gasteiger partial charge on any atom is 0.312 e. The predicted molar refractivity (Wildman–Crippen MR) is 205 cm³/mol. The van der Waals surface area contributed by atoms with Gasteiger partial charge in [0.15, 0.2) is 5.75 Å². The molecule has 0 spiro atoms. The topological polar surface area (TPSA) is 243 Å². The number of ketones is 1. The van der Waals surface area contributed by atoms with Gasteiger partial charge in [0.1, 0.15) is 23.4 Å². The fourth-order valence-electron chi connectivity index (χ4n) is 7.06. The fourth-order valence-corrected chi connectivity index (χ4v) is 7.06. The Morgan fingerprint density at radius 1 is 0.946 bits per heavy atom. The Morgan fingerprint density at radius 3 is 2.21 bits per heavy atom. The number of phenolic OH excluding ortho intramolecular Hbond substituents is 3. The average Bonchev–Trinajstić information content (AvgIpc) is 3.41. The Labute approximate surface area is 324 Å². The van der Waals surface area contributed by atoms with Crippen LogP contribution in [0.3, 0.4) is 0 Å². The highest BCUT2D eigenvalue weighted by atomic mass is 16.7. The minimum Gasteiger partial charge on any atom is -0.507 e. The van der Waals surface area contributed by atoms with Crippen molar-refractivity contribution in [2.24, 2.45) is 28.8 Å². The highest BCUT2D eigenvalue weighted by molar-refractivity contribution is 6.23. The molecule has 9 unspecified atom stereocenters. The number of aliphatic hydroxyl groups is 2. The number of nitrogens with one attached hydrogen (secondary N) is 2. The number of Topliss-reactive ketones (excluding diaryl/α,β-unsaturated/α-hetero) is 1. The Morgan fingerprint density at radius 2 is 1.61 bits per heavy atom. The SMILES string of the molecule is COC1C=COC2(C)Oc3c(C)c(O)c4c(O)c(c(/C=N/NC(C)=O)c(O)c4c3C2=O)NC(=O)C(C)=CC=CC(C)C(O)C(C)C(O)C(C)C(OC(C)=O)C1C. The van der Waals surface area contributed by atoms with Crippen molar-refractivity contribution in [3.8, 4) is 23.0 Å². The van der Waals surface area contributed by atoms with Gasteiger partial charge in [0.25, 0.3) is 11.7 Å². The van der Waals surface area contributed by atoms with Crippen molar-refractivity contribution in [3.63, 3.8) is 0 Å². The number of carbonyl (C=O) groups excluding carboxylic acids is 4. The van der Waals surface area contributed by atoms with Gasteiger partial charge < -0.3 is 49.8 Å². The fraction of sp³-hybridized carbons (Fsp3) is 0.475. The number of rotatable bonds is 4. The number of amides is 2. The number of nitrogens with zero attached hydrogens (tertiary/aromatic N) is 1. The minimum absolute atomic E-state index is 0.00113. The standard InChI is InChI=1S/C40H51N3O13/c1-17-12-11-13-18(2)39(52)42-30-25(16-41-43-23(7)44)34(49)27-28(35(30)50)33(48)22(6)37-29(27)38(51)40(9,56-37)54-15-14-26(53-10)19(3)36(55-24(8)45)21(5)32(47)20(4)31(17)46/h11-17,19-21,26,31-32,36,46-50H,1-10H3,(H,42,52)(H,43,44)/b12-11?,15-14?,18-13?,41-16+. The zero-order chi connectivity index (χ0) is 42.0. The van der Waals surface area contributed by atoms with Crippen molar-refractivity contribution < 1.29 is 63.7 Å². The Kier molecular flexibility index (Phi) is 13.2. The lowest BCUT2D eigenvalue weighted by molar-refractivity contribution is -0.160. The smallest absolute Gasteiger partial charge is 0.312 e. The molecule has 3 heterocycles. The summed E-state index contributed by atoms with van der Waals surface area (Å²) in [6.45, 7) is 13.4. The molecule has 0 fully saturated rings. The van der Waals surface area contributed by atoms with Crippen LogP contribution in [0, 0.1) is 30.6 Å². The summed E-state index contributed by atoms with van der Waals surface area (Å²) >= 11 is 0. The number of aliphatic hydroxyl groups excluding tert-OH is 2. The van der Waals surface area contributed by atoms with Gasteiger partial charge in [-0.25, -0.2) is 5.43 Å². The van der Waals surface area contributed by atoms with Crippen molar-refractivity contribution in [3.05, 3.63) is 52.8 Å². The molecule has 2 aromatic rings. The summed E-state index contributed by atoms with van der Waals surface area (Å²) in [6.07, 6.45) is 4.19. The number of fused-ring (bicyclic) bond motifs is 14. The van der Waals surface area contributed by atoms with Crippen molar-refractivity contribution in [2.75, 3.05) is 12.4 Å². The summed E-state index contributed by atoms with van der Waals surface area (Å²) in [6, 6.07) is 0. The van der Waals surface area contributed by atoms with Gasteiger partial charge in [0, 0.05) is 68.1 Å². The van der Waals surface area contributed by atoms with E-state index in [9.17, 15) is 44.7 Å². The average molecular weight is 782 g/mol. The quantitative estimate of drug-likeness (QED) is 0.0757. The van der Waals surface area contributed by atoms with E-state index in [1.165, 1.54) is 60.0 Å². The van der Waals surface area contributed by atoms with Crippen molar-refractivity contribution in [1.29, 1.82) is 0 Å². The molecule has 304 valence electrons. The minimum atomic E-state index is -2.09. The van der Waals surface area contributed by atoms with Crippen molar-refractivity contribution in [2.45, 2.75) is 92.5 Å². The predicted octanol–water partition coefficient (Wildman–Crippen LogP) is 4.22. The Balaban J connectivity index is 1.98. The second kappa shape index (κ2) is 17.1. The largest absolute Gasteiger partial charge is 0.507 e. The van der Waals surface area contributed by atoms with E-state index in [0.29, 0.717) is 0 Å².